The predicted molar refractivity (Wildman–Crippen MR) is 94.4 cm³/mol. The fourth-order valence-corrected chi connectivity index (χ4v) is 6.61. The standard InChI is InChI=1S/C19H28O3.C2H6/c1-18-10-8-17(21)22-11-12(18)3-4-13-14-5-6-16(20)19(14,2)9-7-15(13)18;1-2/h12-15H,3-11H2,1-2H3;1-2H3. The lowest BCUT2D eigenvalue weighted by Crippen LogP contribution is -2.52. The summed E-state index contributed by atoms with van der Waals surface area (Å²) in [5, 5.41) is 0. The number of carbonyl (C=O) groups excluding carboxylic acids is 2. The highest BCUT2D eigenvalue weighted by Crippen LogP contribution is 2.64. The van der Waals surface area contributed by atoms with E-state index in [4.69, 9.17) is 4.74 Å². The van der Waals surface area contributed by atoms with Gasteiger partial charge in [0.2, 0.25) is 0 Å². The van der Waals surface area contributed by atoms with E-state index in [2.05, 4.69) is 13.8 Å². The van der Waals surface area contributed by atoms with Gasteiger partial charge in [0, 0.05) is 18.3 Å². The Labute approximate surface area is 146 Å². The third-order valence-electron chi connectivity index (χ3n) is 8.09. The van der Waals surface area contributed by atoms with Crippen LogP contribution in [0.4, 0.5) is 0 Å². The Morgan fingerprint density at radius 1 is 0.917 bits per heavy atom. The number of Topliss-reactive ketones (excluding diaryl/α,β-unsaturated/α-hetero) is 1. The Morgan fingerprint density at radius 2 is 1.67 bits per heavy atom. The van der Waals surface area contributed by atoms with Crippen LogP contribution in [0.5, 0.6) is 0 Å². The molecule has 3 aliphatic carbocycles. The summed E-state index contributed by atoms with van der Waals surface area (Å²) in [6.45, 7) is 9.27. The van der Waals surface area contributed by atoms with Gasteiger partial charge in [0.25, 0.3) is 0 Å². The SMILES string of the molecule is CC.CC12CCC3C(CCC4COC(=O)CCC43C)C1CCC2=O. The lowest BCUT2D eigenvalue weighted by atomic mass is 9.47. The molecule has 136 valence electrons. The van der Waals surface area contributed by atoms with Crippen molar-refractivity contribution in [2.45, 2.75) is 79.1 Å². The number of ether oxygens (including phenoxy) is 1. The van der Waals surface area contributed by atoms with Crippen molar-refractivity contribution in [3.8, 4) is 0 Å². The zero-order valence-corrected chi connectivity index (χ0v) is 15.9. The van der Waals surface area contributed by atoms with Gasteiger partial charge in [0.1, 0.15) is 5.78 Å². The second kappa shape index (κ2) is 6.46. The first-order valence-corrected chi connectivity index (χ1v) is 10.1. The zero-order chi connectivity index (χ0) is 17.5. The third-order valence-corrected chi connectivity index (χ3v) is 8.09. The summed E-state index contributed by atoms with van der Waals surface area (Å²) in [5.41, 5.74) is 0.198. The first-order valence-electron chi connectivity index (χ1n) is 10.1. The molecule has 24 heavy (non-hydrogen) atoms. The van der Waals surface area contributed by atoms with Crippen LogP contribution in [0.1, 0.15) is 79.1 Å². The van der Waals surface area contributed by atoms with Gasteiger partial charge in [-0.15, -0.1) is 0 Å². The van der Waals surface area contributed by atoms with Gasteiger partial charge in [-0.05, 0) is 67.6 Å². The average Bonchev–Trinajstić information content (AvgIpc) is 2.80. The van der Waals surface area contributed by atoms with Gasteiger partial charge in [0.15, 0.2) is 0 Å². The quantitative estimate of drug-likeness (QED) is 0.599. The van der Waals surface area contributed by atoms with E-state index in [1.54, 1.807) is 0 Å². The number of hydrogen-bond acceptors (Lipinski definition) is 3. The van der Waals surface area contributed by atoms with Crippen molar-refractivity contribution >= 4 is 11.8 Å². The molecule has 0 spiro atoms. The molecule has 3 nitrogen and oxygen atoms in total. The summed E-state index contributed by atoms with van der Waals surface area (Å²) in [7, 11) is 0. The number of fused-ring (bicyclic) bond motifs is 5. The molecule has 3 heteroatoms. The molecule has 0 aromatic heterocycles. The number of esters is 1. The van der Waals surface area contributed by atoms with Crippen LogP contribution < -0.4 is 0 Å². The van der Waals surface area contributed by atoms with Crippen LogP contribution in [0.3, 0.4) is 0 Å². The van der Waals surface area contributed by atoms with Crippen LogP contribution in [0.2, 0.25) is 0 Å². The summed E-state index contributed by atoms with van der Waals surface area (Å²) in [5.74, 6) is 3.01. The molecule has 4 rings (SSSR count). The van der Waals surface area contributed by atoms with Gasteiger partial charge in [-0.2, -0.15) is 0 Å². The molecule has 3 saturated carbocycles. The predicted octanol–water partition coefficient (Wildman–Crippen LogP) is 4.78. The highest BCUT2D eigenvalue weighted by Gasteiger charge is 2.59. The van der Waals surface area contributed by atoms with Crippen LogP contribution in [0.25, 0.3) is 0 Å². The second-order valence-electron chi connectivity index (χ2n) is 8.76. The summed E-state index contributed by atoms with van der Waals surface area (Å²) in [6.07, 6.45) is 8.10. The van der Waals surface area contributed by atoms with Crippen LogP contribution in [-0.2, 0) is 14.3 Å². The van der Waals surface area contributed by atoms with Gasteiger partial charge in [-0.25, -0.2) is 0 Å². The molecule has 0 aromatic carbocycles. The molecular formula is C21H34O3. The Balaban J connectivity index is 0.000000815. The molecule has 4 fully saturated rings. The van der Waals surface area contributed by atoms with E-state index in [1.807, 2.05) is 13.8 Å². The zero-order valence-electron chi connectivity index (χ0n) is 15.9. The topological polar surface area (TPSA) is 43.4 Å². The second-order valence-corrected chi connectivity index (χ2v) is 8.76. The lowest BCUT2D eigenvalue weighted by Gasteiger charge is -2.57. The molecule has 0 N–H and O–H groups in total. The van der Waals surface area contributed by atoms with Gasteiger partial charge in [-0.3, -0.25) is 9.59 Å². The summed E-state index contributed by atoms with van der Waals surface area (Å²) < 4.78 is 5.45. The smallest absolute Gasteiger partial charge is 0.305 e. The molecule has 6 unspecified atom stereocenters. The molecule has 4 aliphatic rings. The average molecular weight is 335 g/mol. The van der Waals surface area contributed by atoms with E-state index in [1.165, 1.54) is 19.3 Å². The maximum absolute atomic E-state index is 12.4. The highest BCUT2D eigenvalue weighted by molar-refractivity contribution is 5.87. The van der Waals surface area contributed by atoms with Gasteiger partial charge >= 0.3 is 5.97 Å². The molecular weight excluding hydrogens is 300 g/mol. The first-order chi connectivity index (χ1) is 11.4. The summed E-state index contributed by atoms with van der Waals surface area (Å²) in [4.78, 5) is 24.1. The molecule has 0 radical (unpaired) electrons. The minimum absolute atomic E-state index is 0.0103. The van der Waals surface area contributed by atoms with Crippen molar-refractivity contribution in [1.29, 1.82) is 0 Å². The van der Waals surface area contributed by atoms with E-state index >= 15 is 0 Å². The van der Waals surface area contributed by atoms with Crippen molar-refractivity contribution in [3.63, 3.8) is 0 Å². The van der Waals surface area contributed by atoms with Crippen molar-refractivity contribution in [1.82, 2.24) is 0 Å². The number of ketones is 1. The number of cyclic esters (lactones) is 1. The Kier molecular flexibility index (Phi) is 4.83. The molecule has 0 bridgehead atoms. The first kappa shape index (κ1) is 17.9. The Bertz CT molecular complexity index is 513. The number of carbonyl (C=O) groups is 2. The minimum atomic E-state index is -0.0403. The van der Waals surface area contributed by atoms with Crippen molar-refractivity contribution < 1.29 is 14.3 Å². The minimum Gasteiger partial charge on any atom is -0.465 e. The summed E-state index contributed by atoms with van der Waals surface area (Å²) in [6, 6.07) is 0. The Morgan fingerprint density at radius 3 is 2.42 bits per heavy atom. The Hall–Kier alpha value is -0.860. The number of rotatable bonds is 0. The van der Waals surface area contributed by atoms with Crippen molar-refractivity contribution in [2.24, 2.45) is 34.5 Å². The monoisotopic (exact) mass is 334 g/mol. The summed E-state index contributed by atoms with van der Waals surface area (Å²) >= 11 is 0. The molecule has 1 saturated heterocycles. The molecule has 1 aliphatic heterocycles. The van der Waals surface area contributed by atoms with Gasteiger partial charge in [0.05, 0.1) is 6.61 Å². The van der Waals surface area contributed by atoms with E-state index in [0.717, 1.165) is 25.7 Å². The van der Waals surface area contributed by atoms with E-state index < -0.39 is 0 Å². The maximum atomic E-state index is 12.4. The molecule has 6 atom stereocenters. The molecule has 1 heterocycles. The van der Waals surface area contributed by atoms with Crippen LogP contribution >= 0.6 is 0 Å². The van der Waals surface area contributed by atoms with Crippen molar-refractivity contribution in [2.75, 3.05) is 6.61 Å². The lowest BCUT2D eigenvalue weighted by molar-refractivity contribution is -0.145. The van der Waals surface area contributed by atoms with Crippen molar-refractivity contribution in [3.05, 3.63) is 0 Å². The molecule has 0 aromatic rings. The van der Waals surface area contributed by atoms with Gasteiger partial charge < -0.3 is 4.74 Å². The third kappa shape index (κ3) is 2.54. The normalized spacial score (nSPS) is 47.3. The largest absolute Gasteiger partial charge is 0.465 e. The van der Waals surface area contributed by atoms with E-state index in [9.17, 15) is 9.59 Å². The molecule has 0 amide bonds. The maximum Gasteiger partial charge on any atom is 0.305 e. The highest BCUT2D eigenvalue weighted by atomic mass is 16.5. The van der Waals surface area contributed by atoms with E-state index in [-0.39, 0.29) is 16.8 Å². The fourth-order valence-electron chi connectivity index (χ4n) is 6.61. The fraction of sp³-hybridized carbons (Fsp3) is 0.905. The van der Waals surface area contributed by atoms with Gasteiger partial charge in [-0.1, -0.05) is 27.7 Å². The van der Waals surface area contributed by atoms with Crippen LogP contribution in [-0.4, -0.2) is 18.4 Å². The number of hydrogen-bond donors (Lipinski definition) is 0. The van der Waals surface area contributed by atoms with Crippen LogP contribution in [0, 0.1) is 34.5 Å². The van der Waals surface area contributed by atoms with Crippen LogP contribution in [0.15, 0.2) is 0 Å². The van der Waals surface area contributed by atoms with E-state index in [0.29, 0.717) is 42.5 Å².